The Morgan fingerprint density at radius 2 is 1.95 bits per heavy atom. The van der Waals surface area contributed by atoms with Crippen LogP contribution in [0.25, 0.3) is 0 Å². The highest BCUT2D eigenvalue weighted by Crippen LogP contribution is 2.40. The molecule has 0 radical (unpaired) electrons. The van der Waals surface area contributed by atoms with Gasteiger partial charge in [0.05, 0.1) is 7.11 Å². The summed E-state index contributed by atoms with van der Waals surface area (Å²) in [6, 6.07) is 4.45. The smallest absolute Gasteiger partial charge is 0.126 e. The van der Waals surface area contributed by atoms with Gasteiger partial charge in [0.1, 0.15) is 5.75 Å². The molecule has 0 fully saturated rings. The van der Waals surface area contributed by atoms with Crippen molar-refractivity contribution in [3.05, 3.63) is 28.8 Å². The number of rotatable bonds is 4. The van der Waals surface area contributed by atoms with Gasteiger partial charge in [-0.25, -0.2) is 0 Å². The fourth-order valence-electron chi connectivity index (χ4n) is 2.51. The maximum absolute atomic E-state index is 5.72. The standard InChI is InChI=1S/C18H26O/c1-8-10-14(9-2)15-11-13(3)12-16(17(15)19-7)18(4,5)6/h1,11-12,14H,9-10H2,2-7H3. The Kier molecular flexibility index (Phi) is 5.06. The predicted octanol–water partition coefficient (Wildman–Crippen LogP) is 4.82. The average Bonchev–Trinajstić information content (AvgIpc) is 2.33. The van der Waals surface area contributed by atoms with Crippen LogP contribution in [-0.2, 0) is 5.41 Å². The monoisotopic (exact) mass is 258 g/mol. The number of hydrogen-bond acceptors (Lipinski definition) is 1. The summed E-state index contributed by atoms with van der Waals surface area (Å²) in [6.45, 7) is 11.0. The van der Waals surface area contributed by atoms with Crippen molar-refractivity contribution in [2.75, 3.05) is 7.11 Å². The Bertz CT molecular complexity index is 472. The third-order valence-electron chi connectivity index (χ3n) is 3.57. The molecule has 1 atom stereocenters. The van der Waals surface area contributed by atoms with Crippen LogP contribution in [0.2, 0.25) is 0 Å². The first-order chi connectivity index (χ1) is 8.85. The first-order valence-corrected chi connectivity index (χ1v) is 6.97. The van der Waals surface area contributed by atoms with Gasteiger partial charge in [-0.15, -0.1) is 12.3 Å². The lowest BCUT2D eigenvalue weighted by atomic mass is 9.81. The molecule has 104 valence electrons. The number of benzene rings is 1. The summed E-state index contributed by atoms with van der Waals surface area (Å²) in [5.74, 6) is 4.18. The van der Waals surface area contributed by atoms with Gasteiger partial charge in [0, 0.05) is 12.0 Å². The molecule has 1 nitrogen and oxygen atoms in total. The highest BCUT2D eigenvalue weighted by Gasteiger charge is 2.24. The van der Waals surface area contributed by atoms with Gasteiger partial charge in [-0.3, -0.25) is 0 Å². The van der Waals surface area contributed by atoms with Gasteiger partial charge in [0.15, 0.2) is 0 Å². The SMILES string of the molecule is C#CCC(CC)c1cc(C)cc(C(C)(C)C)c1OC. The second-order valence-electron chi connectivity index (χ2n) is 6.20. The van der Waals surface area contributed by atoms with Crippen LogP contribution in [0.5, 0.6) is 5.75 Å². The number of ether oxygens (including phenoxy) is 1. The van der Waals surface area contributed by atoms with Crippen LogP contribution >= 0.6 is 0 Å². The van der Waals surface area contributed by atoms with Crippen LogP contribution in [0.15, 0.2) is 12.1 Å². The first-order valence-electron chi connectivity index (χ1n) is 6.97. The van der Waals surface area contributed by atoms with Gasteiger partial charge >= 0.3 is 0 Å². The van der Waals surface area contributed by atoms with Crippen molar-refractivity contribution in [1.82, 2.24) is 0 Å². The van der Waals surface area contributed by atoms with E-state index in [0.717, 1.165) is 18.6 Å². The maximum Gasteiger partial charge on any atom is 0.126 e. The second-order valence-corrected chi connectivity index (χ2v) is 6.20. The van der Waals surface area contributed by atoms with E-state index >= 15 is 0 Å². The molecule has 0 aliphatic rings. The molecule has 1 unspecified atom stereocenters. The summed E-state index contributed by atoms with van der Waals surface area (Å²) >= 11 is 0. The Morgan fingerprint density at radius 3 is 2.37 bits per heavy atom. The lowest BCUT2D eigenvalue weighted by Crippen LogP contribution is -2.15. The highest BCUT2D eigenvalue weighted by atomic mass is 16.5. The van der Waals surface area contributed by atoms with E-state index in [-0.39, 0.29) is 5.41 Å². The molecular formula is C18H26O. The van der Waals surface area contributed by atoms with Crippen molar-refractivity contribution in [2.24, 2.45) is 0 Å². The molecule has 1 aromatic rings. The van der Waals surface area contributed by atoms with Gasteiger partial charge in [-0.2, -0.15) is 0 Å². The van der Waals surface area contributed by atoms with E-state index in [4.69, 9.17) is 11.2 Å². The van der Waals surface area contributed by atoms with Crippen LogP contribution < -0.4 is 4.74 Å². The largest absolute Gasteiger partial charge is 0.496 e. The third kappa shape index (κ3) is 3.53. The molecule has 0 bridgehead atoms. The van der Waals surface area contributed by atoms with Gasteiger partial charge in [0.2, 0.25) is 0 Å². The van der Waals surface area contributed by atoms with Crippen molar-refractivity contribution >= 4 is 0 Å². The zero-order valence-electron chi connectivity index (χ0n) is 13.1. The van der Waals surface area contributed by atoms with Gasteiger partial charge in [-0.1, -0.05) is 45.4 Å². The molecule has 1 aromatic carbocycles. The fourth-order valence-corrected chi connectivity index (χ4v) is 2.51. The minimum absolute atomic E-state index is 0.0700. The summed E-state index contributed by atoms with van der Waals surface area (Å²) in [5, 5.41) is 0. The summed E-state index contributed by atoms with van der Waals surface area (Å²) in [7, 11) is 1.76. The Hall–Kier alpha value is -1.42. The number of terminal acetylenes is 1. The van der Waals surface area contributed by atoms with E-state index in [9.17, 15) is 0 Å². The molecule has 19 heavy (non-hydrogen) atoms. The third-order valence-corrected chi connectivity index (χ3v) is 3.57. The average molecular weight is 258 g/mol. The fraction of sp³-hybridized carbons (Fsp3) is 0.556. The molecule has 0 spiro atoms. The number of aryl methyl sites for hydroxylation is 1. The topological polar surface area (TPSA) is 9.23 Å². The lowest BCUT2D eigenvalue weighted by Gasteiger charge is -2.27. The summed E-state index contributed by atoms with van der Waals surface area (Å²) in [4.78, 5) is 0. The zero-order chi connectivity index (χ0) is 14.6. The van der Waals surface area contributed by atoms with E-state index in [1.54, 1.807) is 7.11 Å². The zero-order valence-corrected chi connectivity index (χ0v) is 13.1. The molecule has 0 aliphatic heterocycles. The van der Waals surface area contributed by atoms with Gasteiger partial charge < -0.3 is 4.74 Å². The van der Waals surface area contributed by atoms with Crippen molar-refractivity contribution in [2.45, 2.75) is 58.8 Å². The molecule has 1 rings (SSSR count). The molecule has 0 saturated heterocycles. The normalized spacial score (nSPS) is 12.9. The molecule has 0 aromatic heterocycles. The van der Waals surface area contributed by atoms with Crippen molar-refractivity contribution in [3.8, 4) is 18.1 Å². The Balaban J connectivity index is 3.47. The minimum Gasteiger partial charge on any atom is -0.496 e. The van der Waals surface area contributed by atoms with E-state index in [1.165, 1.54) is 16.7 Å². The van der Waals surface area contributed by atoms with Crippen LogP contribution in [0.4, 0.5) is 0 Å². The Morgan fingerprint density at radius 1 is 1.32 bits per heavy atom. The molecule has 0 amide bonds. The quantitative estimate of drug-likeness (QED) is 0.704. The first kappa shape index (κ1) is 15.6. The summed E-state index contributed by atoms with van der Waals surface area (Å²) in [5.41, 5.74) is 3.87. The number of hydrogen-bond donors (Lipinski definition) is 0. The van der Waals surface area contributed by atoms with Crippen molar-refractivity contribution < 1.29 is 4.74 Å². The Labute approximate surface area is 118 Å². The van der Waals surface area contributed by atoms with Crippen LogP contribution in [0.1, 0.15) is 63.1 Å². The van der Waals surface area contributed by atoms with Crippen molar-refractivity contribution in [1.29, 1.82) is 0 Å². The summed E-state index contributed by atoms with van der Waals surface area (Å²) < 4.78 is 5.72. The van der Waals surface area contributed by atoms with E-state index in [2.05, 4.69) is 52.7 Å². The second kappa shape index (κ2) is 6.15. The molecule has 0 N–H and O–H groups in total. The molecule has 0 saturated carbocycles. The van der Waals surface area contributed by atoms with E-state index < -0.39 is 0 Å². The molecule has 0 heterocycles. The number of methoxy groups -OCH3 is 1. The molecule has 1 heteroatoms. The van der Waals surface area contributed by atoms with Gasteiger partial charge in [-0.05, 0) is 30.2 Å². The van der Waals surface area contributed by atoms with Crippen molar-refractivity contribution in [3.63, 3.8) is 0 Å². The van der Waals surface area contributed by atoms with Crippen LogP contribution in [0, 0.1) is 19.3 Å². The van der Waals surface area contributed by atoms with E-state index in [0.29, 0.717) is 5.92 Å². The highest BCUT2D eigenvalue weighted by molar-refractivity contribution is 5.49. The van der Waals surface area contributed by atoms with E-state index in [1.807, 2.05) is 0 Å². The van der Waals surface area contributed by atoms with Gasteiger partial charge in [0.25, 0.3) is 0 Å². The van der Waals surface area contributed by atoms with Crippen LogP contribution in [0.3, 0.4) is 0 Å². The minimum atomic E-state index is 0.0700. The summed E-state index contributed by atoms with van der Waals surface area (Å²) in [6.07, 6.45) is 7.30. The molecule has 0 aliphatic carbocycles. The predicted molar refractivity (Wildman–Crippen MR) is 82.9 cm³/mol. The lowest BCUT2D eigenvalue weighted by molar-refractivity contribution is 0.388. The van der Waals surface area contributed by atoms with Crippen LogP contribution in [-0.4, -0.2) is 7.11 Å². The molecular weight excluding hydrogens is 232 g/mol. The maximum atomic E-state index is 5.72.